The number of aromatic nitrogens is 4. The van der Waals surface area contributed by atoms with Crippen molar-refractivity contribution in [3.05, 3.63) is 35.0 Å². The Morgan fingerprint density at radius 3 is 2.54 bits per heavy atom. The van der Waals surface area contributed by atoms with Gasteiger partial charge in [0.2, 0.25) is 5.95 Å². The summed E-state index contributed by atoms with van der Waals surface area (Å²) in [5.74, 6) is 0.157. The van der Waals surface area contributed by atoms with Crippen LogP contribution in [-0.4, -0.2) is 36.8 Å². The van der Waals surface area contributed by atoms with Crippen molar-refractivity contribution in [3.8, 4) is 17.3 Å². The molecule has 0 radical (unpaired) electrons. The molecule has 3 N–H and O–H groups in total. The lowest BCUT2D eigenvalue weighted by atomic mass is 9.88. The normalized spacial score (nSPS) is 18.1. The maximum absolute atomic E-state index is 14.7. The van der Waals surface area contributed by atoms with E-state index in [2.05, 4.69) is 34.9 Å². The first-order chi connectivity index (χ1) is 17.3. The molecule has 1 aromatic carbocycles. The second-order valence-corrected chi connectivity index (χ2v) is 10.9. The van der Waals surface area contributed by atoms with Gasteiger partial charge in [-0.15, -0.1) is 0 Å². The molecule has 2 atom stereocenters. The summed E-state index contributed by atoms with van der Waals surface area (Å²) >= 11 is 6.15. The molecule has 2 unspecified atom stereocenters. The van der Waals surface area contributed by atoms with E-state index in [1.165, 1.54) is 12.3 Å². The van der Waals surface area contributed by atoms with E-state index >= 15 is 0 Å². The lowest BCUT2D eigenvalue weighted by molar-refractivity contribution is -0.0184. The number of fused-ring (bicyclic) bond motifs is 1. The first-order valence-corrected chi connectivity index (χ1v) is 13.0. The Morgan fingerprint density at radius 1 is 1.24 bits per heavy atom. The second kappa shape index (κ2) is 11.7. The van der Waals surface area contributed by atoms with Crippen molar-refractivity contribution < 1.29 is 14.2 Å². The van der Waals surface area contributed by atoms with Crippen molar-refractivity contribution in [2.75, 3.05) is 5.73 Å². The molecule has 37 heavy (non-hydrogen) atoms. The molecular formula is C27H36ClFN6O2. The molecule has 4 rings (SSSR count). The quantitative estimate of drug-likeness (QED) is 0.404. The summed E-state index contributed by atoms with van der Waals surface area (Å²) in [6, 6.07) is 5.34. The van der Waals surface area contributed by atoms with Crippen LogP contribution in [0.15, 0.2) is 18.3 Å². The first-order valence-electron chi connectivity index (χ1n) is 12.6. The van der Waals surface area contributed by atoms with Gasteiger partial charge in [0.1, 0.15) is 16.9 Å². The molecule has 0 saturated heterocycles. The molecule has 0 spiro atoms. The average Bonchev–Trinajstić information content (AvgIpc) is 3.22. The Labute approximate surface area is 222 Å². The number of benzene rings is 1. The highest BCUT2D eigenvalue weighted by Gasteiger charge is 2.28. The Kier molecular flexibility index (Phi) is 9.11. The molecule has 1 aliphatic carbocycles. The average molecular weight is 531 g/mol. The van der Waals surface area contributed by atoms with Crippen LogP contribution in [0.3, 0.4) is 0 Å². The van der Waals surface area contributed by atoms with E-state index in [-0.39, 0.29) is 28.4 Å². The number of nitrogens with zero attached hydrogens (tertiary/aromatic N) is 5. The van der Waals surface area contributed by atoms with Gasteiger partial charge in [0.15, 0.2) is 5.82 Å². The predicted molar refractivity (Wildman–Crippen MR) is 143 cm³/mol. The topological polar surface area (TPSA) is 123 Å². The molecule has 3 aromatic rings. The number of ether oxygens (including phenoxy) is 1. The minimum atomic E-state index is -1.22. The third kappa shape index (κ3) is 6.95. The summed E-state index contributed by atoms with van der Waals surface area (Å²) in [6.45, 7) is 11.2. The number of hydrogen-bond acceptors (Lipinski definition) is 7. The van der Waals surface area contributed by atoms with Gasteiger partial charge in [0.05, 0.1) is 40.7 Å². The highest BCUT2D eigenvalue weighted by Crippen LogP contribution is 2.34. The van der Waals surface area contributed by atoms with Gasteiger partial charge in [-0.2, -0.15) is 5.26 Å². The summed E-state index contributed by atoms with van der Waals surface area (Å²) in [4.78, 5) is 12.3. The summed E-state index contributed by atoms with van der Waals surface area (Å²) in [7, 11) is 0. The predicted octanol–water partition coefficient (Wildman–Crippen LogP) is 6.17. The van der Waals surface area contributed by atoms with E-state index in [9.17, 15) is 9.50 Å². The molecule has 1 aliphatic rings. The molecule has 1 saturated carbocycles. The fourth-order valence-electron chi connectivity index (χ4n) is 4.60. The van der Waals surface area contributed by atoms with Crippen molar-refractivity contribution in [1.82, 2.24) is 19.5 Å². The molecule has 0 amide bonds. The number of rotatable bonds is 5. The number of imidazole rings is 1. The van der Waals surface area contributed by atoms with Crippen LogP contribution in [0, 0.1) is 23.1 Å². The third-order valence-electron chi connectivity index (χ3n) is 6.12. The smallest absolute Gasteiger partial charge is 0.220 e. The van der Waals surface area contributed by atoms with E-state index in [0.717, 1.165) is 25.7 Å². The molecular weight excluding hydrogens is 495 g/mol. The number of nitrogen functional groups attached to an aromatic ring is 1. The van der Waals surface area contributed by atoms with Crippen molar-refractivity contribution in [2.45, 2.75) is 91.1 Å². The van der Waals surface area contributed by atoms with E-state index in [0.29, 0.717) is 34.8 Å². The molecule has 0 bridgehead atoms. The number of anilines is 1. The van der Waals surface area contributed by atoms with E-state index in [4.69, 9.17) is 27.3 Å². The summed E-state index contributed by atoms with van der Waals surface area (Å²) in [5.41, 5.74) is 5.96. The van der Waals surface area contributed by atoms with E-state index < -0.39 is 11.4 Å². The fraction of sp³-hybridized carbons (Fsp3) is 0.556. The van der Waals surface area contributed by atoms with Crippen LogP contribution >= 0.6 is 11.6 Å². The number of nitriles is 1. The number of aliphatic hydroxyl groups is 1. The monoisotopic (exact) mass is 530 g/mol. The lowest BCUT2D eigenvalue weighted by Crippen LogP contribution is -2.24. The minimum Gasteiger partial charge on any atom is -0.383 e. The molecule has 10 heteroatoms. The summed E-state index contributed by atoms with van der Waals surface area (Å²) < 4.78 is 22.2. The molecule has 2 aromatic heterocycles. The van der Waals surface area contributed by atoms with Crippen molar-refractivity contribution in [3.63, 3.8) is 0 Å². The Morgan fingerprint density at radius 2 is 1.95 bits per heavy atom. The largest absolute Gasteiger partial charge is 0.383 e. The van der Waals surface area contributed by atoms with Crippen molar-refractivity contribution >= 4 is 28.6 Å². The first kappa shape index (κ1) is 28.8. The van der Waals surface area contributed by atoms with Gasteiger partial charge in [0.25, 0.3) is 0 Å². The minimum absolute atomic E-state index is 0.0352. The van der Waals surface area contributed by atoms with Gasteiger partial charge in [0, 0.05) is 17.5 Å². The van der Waals surface area contributed by atoms with Gasteiger partial charge in [-0.3, -0.25) is 0 Å². The van der Waals surface area contributed by atoms with Crippen molar-refractivity contribution in [1.29, 1.82) is 5.26 Å². The molecule has 200 valence electrons. The van der Waals surface area contributed by atoms with Gasteiger partial charge in [-0.05, 0) is 79.4 Å². The second-order valence-electron chi connectivity index (χ2n) is 10.5. The molecule has 8 nitrogen and oxygen atoms in total. The van der Waals surface area contributed by atoms with Crippen LogP contribution in [0.4, 0.5) is 10.3 Å². The van der Waals surface area contributed by atoms with Gasteiger partial charge < -0.3 is 20.1 Å². The van der Waals surface area contributed by atoms with Crippen molar-refractivity contribution in [2.24, 2.45) is 5.92 Å². The molecule has 0 aliphatic heterocycles. The van der Waals surface area contributed by atoms with E-state index in [1.54, 1.807) is 24.5 Å². The number of nitrogens with two attached hydrogens (primary N) is 1. The Hall–Kier alpha value is -2.80. The third-order valence-corrected chi connectivity index (χ3v) is 6.40. The van der Waals surface area contributed by atoms with Crippen LogP contribution in [0.25, 0.3) is 22.3 Å². The zero-order valence-electron chi connectivity index (χ0n) is 22.3. The van der Waals surface area contributed by atoms with Gasteiger partial charge in [-0.1, -0.05) is 11.6 Å². The van der Waals surface area contributed by atoms with Crippen LogP contribution in [-0.2, 0) is 10.3 Å². The number of hydrogen-bond donors (Lipinski definition) is 2. The maximum Gasteiger partial charge on any atom is 0.220 e. The zero-order chi connectivity index (χ0) is 27.5. The summed E-state index contributed by atoms with van der Waals surface area (Å²) in [5, 5.41) is 19.4. The Bertz CT molecular complexity index is 1280. The SMILES string of the molecule is CC(C)OC1CCCC(C#N)C1.CC(C)n1c(C(C)(C)O)nc2c(F)cc(-c3nc(N)ncc3Cl)cc21. The highest BCUT2D eigenvalue weighted by atomic mass is 35.5. The fourth-order valence-corrected chi connectivity index (χ4v) is 4.80. The van der Waals surface area contributed by atoms with Crippen LogP contribution in [0.2, 0.25) is 5.02 Å². The molecule has 2 heterocycles. The van der Waals surface area contributed by atoms with E-state index in [1.807, 2.05) is 13.8 Å². The maximum atomic E-state index is 14.7. The van der Waals surface area contributed by atoms with Gasteiger partial charge >= 0.3 is 0 Å². The Balaban J connectivity index is 0.000000266. The lowest BCUT2D eigenvalue weighted by Gasteiger charge is -2.26. The zero-order valence-corrected chi connectivity index (χ0v) is 23.1. The molecule has 1 fully saturated rings. The van der Waals surface area contributed by atoms with Crippen LogP contribution in [0.1, 0.15) is 79.1 Å². The highest BCUT2D eigenvalue weighted by molar-refractivity contribution is 6.33. The van der Waals surface area contributed by atoms with Crippen LogP contribution in [0.5, 0.6) is 0 Å². The van der Waals surface area contributed by atoms with Crippen LogP contribution < -0.4 is 5.73 Å². The summed E-state index contributed by atoms with van der Waals surface area (Å²) in [6.07, 6.45) is 6.30. The number of halogens is 2. The standard InChI is InChI=1S/C17H19ClFN5O.C10H17NO/c1-8(2)24-12-6-9(13-10(18)7-21-16(20)23-13)5-11(19)14(12)22-15(24)17(3,4)25;1-8(2)12-10-5-3-4-9(6-10)7-11/h5-8,25H,1-4H3,(H2,20,21,23);8-10H,3-6H2,1-2H3. The van der Waals surface area contributed by atoms with Gasteiger partial charge in [-0.25, -0.2) is 19.3 Å².